The van der Waals surface area contributed by atoms with Gasteiger partial charge in [0, 0.05) is 9.13 Å². The normalized spacial score (nSPS) is 12.2. The standard InChI is InChI=1S/C17H19FINO/c1-3-10-21-16-7-5-4-6-14(16)17(20-2)13-9-8-12(18)11-15(13)19/h4-9,11,17,20H,3,10H2,1-2H3. The van der Waals surface area contributed by atoms with Crippen molar-refractivity contribution in [2.75, 3.05) is 13.7 Å². The maximum Gasteiger partial charge on any atom is 0.124 e. The minimum Gasteiger partial charge on any atom is -0.493 e. The largest absolute Gasteiger partial charge is 0.493 e. The quantitative estimate of drug-likeness (QED) is 0.721. The van der Waals surface area contributed by atoms with Gasteiger partial charge in [-0.3, -0.25) is 0 Å². The van der Waals surface area contributed by atoms with E-state index in [9.17, 15) is 4.39 Å². The molecular formula is C17H19FINO. The van der Waals surface area contributed by atoms with Crippen LogP contribution in [0.4, 0.5) is 4.39 Å². The smallest absolute Gasteiger partial charge is 0.124 e. The second-order valence-electron chi connectivity index (χ2n) is 4.77. The number of rotatable bonds is 6. The van der Waals surface area contributed by atoms with Crippen LogP contribution in [0.1, 0.15) is 30.5 Å². The van der Waals surface area contributed by atoms with Crippen molar-refractivity contribution in [2.24, 2.45) is 0 Å². The van der Waals surface area contributed by atoms with Gasteiger partial charge in [0.05, 0.1) is 12.6 Å². The van der Waals surface area contributed by atoms with Gasteiger partial charge in [-0.05, 0) is 59.8 Å². The molecule has 0 aliphatic carbocycles. The fourth-order valence-corrected chi connectivity index (χ4v) is 3.07. The van der Waals surface area contributed by atoms with E-state index in [-0.39, 0.29) is 11.9 Å². The Morgan fingerprint density at radius 1 is 1.19 bits per heavy atom. The van der Waals surface area contributed by atoms with Gasteiger partial charge < -0.3 is 10.1 Å². The summed E-state index contributed by atoms with van der Waals surface area (Å²) in [6.45, 7) is 2.77. The summed E-state index contributed by atoms with van der Waals surface area (Å²) in [4.78, 5) is 0. The molecule has 0 aliphatic rings. The van der Waals surface area contributed by atoms with E-state index in [1.165, 1.54) is 6.07 Å². The van der Waals surface area contributed by atoms with Crippen molar-refractivity contribution in [2.45, 2.75) is 19.4 Å². The van der Waals surface area contributed by atoms with Gasteiger partial charge in [-0.25, -0.2) is 4.39 Å². The number of benzene rings is 2. The summed E-state index contributed by atoms with van der Waals surface area (Å²) < 4.78 is 20.1. The van der Waals surface area contributed by atoms with Gasteiger partial charge in [0.15, 0.2) is 0 Å². The molecule has 2 aromatic rings. The Morgan fingerprint density at radius 2 is 1.95 bits per heavy atom. The van der Waals surface area contributed by atoms with E-state index >= 15 is 0 Å². The highest BCUT2D eigenvalue weighted by atomic mass is 127. The lowest BCUT2D eigenvalue weighted by Crippen LogP contribution is -2.20. The van der Waals surface area contributed by atoms with Gasteiger partial charge in [0.2, 0.25) is 0 Å². The molecule has 0 saturated carbocycles. The summed E-state index contributed by atoms with van der Waals surface area (Å²) in [6, 6.07) is 12.8. The molecule has 0 radical (unpaired) electrons. The maximum absolute atomic E-state index is 13.3. The molecule has 0 aliphatic heterocycles. The van der Waals surface area contributed by atoms with Gasteiger partial charge in [-0.15, -0.1) is 0 Å². The Labute approximate surface area is 138 Å². The predicted octanol–water partition coefficient (Wildman–Crippen LogP) is 4.53. The van der Waals surface area contributed by atoms with Crippen molar-refractivity contribution < 1.29 is 9.13 Å². The van der Waals surface area contributed by atoms with E-state index in [1.54, 1.807) is 6.07 Å². The van der Waals surface area contributed by atoms with E-state index in [1.807, 2.05) is 37.4 Å². The first kappa shape index (κ1) is 16.2. The van der Waals surface area contributed by atoms with Crippen molar-refractivity contribution in [3.8, 4) is 5.75 Å². The zero-order valence-corrected chi connectivity index (χ0v) is 14.4. The van der Waals surface area contributed by atoms with Crippen LogP contribution in [0.2, 0.25) is 0 Å². The van der Waals surface area contributed by atoms with Crippen LogP contribution in [0.15, 0.2) is 42.5 Å². The van der Waals surface area contributed by atoms with Crippen LogP contribution in [-0.2, 0) is 0 Å². The SMILES string of the molecule is CCCOc1ccccc1C(NC)c1ccc(F)cc1I. The van der Waals surface area contributed by atoms with Gasteiger partial charge in [-0.2, -0.15) is 0 Å². The fraction of sp³-hybridized carbons (Fsp3) is 0.294. The summed E-state index contributed by atoms with van der Waals surface area (Å²) in [7, 11) is 1.90. The minimum absolute atomic E-state index is 0.0226. The Bertz CT molecular complexity index is 603. The third kappa shape index (κ3) is 3.95. The lowest BCUT2D eigenvalue weighted by molar-refractivity contribution is 0.312. The lowest BCUT2D eigenvalue weighted by atomic mass is 9.98. The minimum atomic E-state index is -0.214. The average Bonchev–Trinajstić information content (AvgIpc) is 2.49. The van der Waals surface area contributed by atoms with Crippen LogP contribution in [0.3, 0.4) is 0 Å². The zero-order valence-electron chi connectivity index (χ0n) is 12.2. The van der Waals surface area contributed by atoms with E-state index in [2.05, 4.69) is 34.8 Å². The first-order valence-electron chi connectivity index (χ1n) is 7.01. The van der Waals surface area contributed by atoms with Crippen LogP contribution < -0.4 is 10.1 Å². The third-order valence-corrected chi connectivity index (χ3v) is 4.19. The molecule has 0 amide bonds. The molecule has 2 nitrogen and oxygen atoms in total. The highest BCUT2D eigenvalue weighted by molar-refractivity contribution is 14.1. The van der Waals surface area contributed by atoms with Crippen LogP contribution >= 0.6 is 22.6 Å². The number of para-hydroxylation sites is 1. The Morgan fingerprint density at radius 3 is 2.62 bits per heavy atom. The molecule has 2 aromatic carbocycles. The number of nitrogens with one attached hydrogen (secondary N) is 1. The first-order chi connectivity index (χ1) is 10.2. The molecule has 0 bridgehead atoms. The molecule has 0 heterocycles. The van der Waals surface area contributed by atoms with E-state index in [4.69, 9.17) is 4.74 Å². The maximum atomic E-state index is 13.3. The molecule has 1 atom stereocenters. The van der Waals surface area contributed by atoms with Crippen molar-refractivity contribution >= 4 is 22.6 Å². The van der Waals surface area contributed by atoms with Gasteiger partial charge in [0.25, 0.3) is 0 Å². The third-order valence-electron chi connectivity index (χ3n) is 3.25. The van der Waals surface area contributed by atoms with Crippen LogP contribution in [0.5, 0.6) is 5.75 Å². The monoisotopic (exact) mass is 399 g/mol. The molecule has 0 fully saturated rings. The molecule has 0 aromatic heterocycles. The molecule has 112 valence electrons. The summed E-state index contributed by atoms with van der Waals surface area (Å²) >= 11 is 2.17. The van der Waals surface area contributed by atoms with Gasteiger partial charge in [0.1, 0.15) is 11.6 Å². The van der Waals surface area contributed by atoms with Gasteiger partial charge in [-0.1, -0.05) is 31.2 Å². The molecule has 1 N–H and O–H groups in total. The molecule has 0 spiro atoms. The van der Waals surface area contributed by atoms with Crippen LogP contribution in [0, 0.1) is 9.39 Å². The second kappa shape index (κ2) is 7.75. The first-order valence-corrected chi connectivity index (χ1v) is 8.09. The van der Waals surface area contributed by atoms with Crippen LogP contribution in [-0.4, -0.2) is 13.7 Å². The highest BCUT2D eigenvalue weighted by Crippen LogP contribution is 2.32. The van der Waals surface area contributed by atoms with Crippen molar-refractivity contribution in [3.05, 3.63) is 63.0 Å². The summed E-state index contributed by atoms with van der Waals surface area (Å²) in [5.74, 6) is 0.660. The highest BCUT2D eigenvalue weighted by Gasteiger charge is 2.19. The molecular weight excluding hydrogens is 380 g/mol. The fourth-order valence-electron chi connectivity index (χ4n) is 2.28. The van der Waals surface area contributed by atoms with Gasteiger partial charge >= 0.3 is 0 Å². The molecule has 2 rings (SSSR count). The lowest BCUT2D eigenvalue weighted by Gasteiger charge is -2.21. The van der Waals surface area contributed by atoms with E-state index in [0.29, 0.717) is 6.61 Å². The Hall–Kier alpha value is -1.14. The summed E-state index contributed by atoms with van der Waals surface area (Å²) in [5.41, 5.74) is 2.12. The average molecular weight is 399 g/mol. The topological polar surface area (TPSA) is 21.3 Å². The number of halogens is 2. The summed E-state index contributed by atoms with van der Waals surface area (Å²) in [5, 5.41) is 3.30. The number of hydrogen-bond donors (Lipinski definition) is 1. The predicted molar refractivity (Wildman–Crippen MR) is 92.2 cm³/mol. The number of hydrogen-bond acceptors (Lipinski definition) is 2. The Kier molecular flexibility index (Phi) is 5.99. The molecule has 0 saturated heterocycles. The zero-order chi connectivity index (χ0) is 15.2. The second-order valence-corrected chi connectivity index (χ2v) is 5.94. The van der Waals surface area contributed by atoms with Crippen molar-refractivity contribution in [1.82, 2.24) is 5.32 Å². The van der Waals surface area contributed by atoms with Crippen LogP contribution in [0.25, 0.3) is 0 Å². The molecule has 1 unspecified atom stereocenters. The number of ether oxygens (including phenoxy) is 1. The van der Waals surface area contributed by atoms with Crippen molar-refractivity contribution in [3.63, 3.8) is 0 Å². The molecule has 4 heteroatoms. The van der Waals surface area contributed by atoms with E-state index in [0.717, 1.165) is 26.9 Å². The molecule has 21 heavy (non-hydrogen) atoms. The summed E-state index contributed by atoms with van der Waals surface area (Å²) in [6.07, 6.45) is 0.965. The van der Waals surface area contributed by atoms with E-state index < -0.39 is 0 Å². The van der Waals surface area contributed by atoms with Crippen molar-refractivity contribution in [1.29, 1.82) is 0 Å². The Balaban J connectivity index is 2.41.